The Labute approximate surface area is 197 Å². The number of rotatable bonds is 4. The zero-order chi connectivity index (χ0) is 23.1. The molecular formula is C27H35ClN4. The molecule has 1 aliphatic carbocycles. The molecule has 0 spiro atoms. The fraction of sp³-hybridized carbons (Fsp3) is 0.407. The molecule has 0 bridgehead atoms. The van der Waals surface area contributed by atoms with E-state index < -0.39 is 0 Å². The maximum absolute atomic E-state index is 6.24. The number of allylic oxidation sites excluding steroid dienone is 2. The van der Waals surface area contributed by atoms with Crippen LogP contribution in [0.5, 0.6) is 0 Å². The molecule has 4 rings (SSSR count). The van der Waals surface area contributed by atoms with Crippen molar-refractivity contribution in [3.8, 4) is 0 Å². The monoisotopic (exact) mass is 450 g/mol. The van der Waals surface area contributed by atoms with Crippen molar-refractivity contribution in [1.82, 2.24) is 14.9 Å². The van der Waals surface area contributed by atoms with Crippen molar-refractivity contribution in [3.05, 3.63) is 83.1 Å². The maximum Gasteiger partial charge on any atom is 0.0949 e. The number of aryl methyl sites for hydroxylation is 2. The van der Waals surface area contributed by atoms with E-state index in [-0.39, 0.29) is 5.92 Å². The Morgan fingerprint density at radius 1 is 1.28 bits per heavy atom. The molecule has 0 saturated carbocycles. The van der Waals surface area contributed by atoms with Crippen molar-refractivity contribution in [2.45, 2.75) is 52.5 Å². The van der Waals surface area contributed by atoms with E-state index in [4.69, 9.17) is 11.6 Å². The third-order valence-corrected chi connectivity index (χ3v) is 6.40. The van der Waals surface area contributed by atoms with Gasteiger partial charge in [-0.15, -0.1) is 0 Å². The van der Waals surface area contributed by atoms with Crippen LogP contribution in [-0.4, -0.2) is 28.4 Å². The summed E-state index contributed by atoms with van der Waals surface area (Å²) in [5.41, 5.74) is 6.81. The number of halogens is 1. The Morgan fingerprint density at radius 3 is 2.66 bits per heavy atom. The molecule has 1 aliphatic heterocycles. The highest BCUT2D eigenvalue weighted by Gasteiger charge is 2.33. The zero-order valence-electron chi connectivity index (χ0n) is 19.6. The third-order valence-electron chi connectivity index (χ3n) is 6.17. The van der Waals surface area contributed by atoms with Crippen LogP contribution in [0.2, 0.25) is 5.02 Å². The molecule has 1 atom stereocenters. The van der Waals surface area contributed by atoms with Crippen LogP contribution in [0.3, 0.4) is 0 Å². The van der Waals surface area contributed by atoms with Crippen molar-refractivity contribution in [3.63, 3.8) is 0 Å². The largest absolute Gasteiger partial charge is 0.337 e. The summed E-state index contributed by atoms with van der Waals surface area (Å²) in [5.74, 6) is 0.814. The second kappa shape index (κ2) is 11.4. The third kappa shape index (κ3) is 5.87. The van der Waals surface area contributed by atoms with Gasteiger partial charge in [0, 0.05) is 29.9 Å². The van der Waals surface area contributed by atoms with Gasteiger partial charge in [-0.25, -0.2) is 4.98 Å². The summed E-state index contributed by atoms with van der Waals surface area (Å²) in [6, 6.07) is 6.20. The van der Waals surface area contributed by atoms with E-state index in [1.165, 1.54) is 17.5 Å². The number of imidazole rings is 1. The first kappa shape index (κ1) is 24.2. The van der Waals surface area contributed by atoms with Gasteiger partial charge < -0.3 is 9.88 Å². The average Bonchev–Trinajstić information content (AvgIpc) is 3.16. The van der Waals surface area contributed by atoms with Crippen LogP contribution >= 0.6 is 11.6 Å². The minimum Gasteiger partial charge on any atom is -0.337 e. The van der Waals surface area contributed by atoms with Crippen molar-refractivity contribution in [2.75, 3.05) is 13.1 Å². The van der Waals surface area contributed by atoms with E-state index in [2.05, 4.69) is 71.3 Å². The highest BCUT2D eigenvalue weighted by atomic mass is 35.5. The fourth-order valence-electron chi connectivity index (χ4n) is 4.57. The van der Waals surface area contributed by atoms with Crippen LogP contribution in [0.4, 0.5) is 0 Å². The van der Waals surface area contributed by atoms with Crippen LogP contribution < -0.4 is 5.32 Å². The summed E-state index contributed by atoms with van der Waals surface area (Å²) >= 11 is 6.24. The summed E-state index contributed by atoms with van der Waals surface area (Å²) in [6.07, 6.45) is 11.2. The van der Waals surface area contributed by atoms with Crippen molar-refractivity contribution in [2.24, 2.45) is 10.9 Å². The lowest BCUT2D eigenvalue weighted by molar-refractivity contribution is 0.357. The zero-order valence-corrected chi connectivity index (χ0v) is 20.3. The number of aliphatic imine (C=N–C) groups is 1. The predicted molar refractivity (Wildman–Crippen MR) is 137 cm³/mol. The van der Waals surface area contributed by atoms with Gasteiger partial charge in [0.1, 0.15) is 0 Å². The van der Waals surface area contributed by atoms with Crippen molar-refractivity contribution < 1.29 is 0 Å². The van der Waals surface area contributed by atoms with Gasteiger partial charge in [-0.3, -0.25) is 4.99 Å². The van der Waals surface area contributed by atoms with Crippen molar-refractivity contribution in [1.29, 1.82) is 0 Å². The minimum atomic E-state index is 0.253. The number of hydrogen-bond donors (Lipinski definition) is 1. The quantitative estimate of drug-likeness (QED) is 0.571. The van der Waals surface area contributed by atoms with E-state index in [9.17, 15) is 0 Å². The molecule has 5 heteroatoms. The second-order valence-corrected chi connectivity index (χ2v) is 9.03. The van der Waals surface area contributed by atoms with Crippen LogP contribution in [0.15, 0.2) is 66.2 Å². The molecule has 4 nitrogen and oxygen atoms in total. The van der Waals surface area contributed by atoms with Crippen LogP contribution in [-0.2, 0) is 6.54 Å². The first-order valence-corrected chi connectivity index (χ1v) is 11.9. The molecule has 2 aromatic rings. The van der Waals surface area contributed by atoms with E-state index in [0.29, 0.717) is 5.92 Å². The first-order valence-electron chi connectivity index (χ1n) is 11.5. The van der Waals surface area contributed by atoms with E-state index in [0.717, 1.165) is 60.1 Å². The lowest BCUT2D eigenvalue weighted by Gasteiger charge is -2.32. The highest BCUT2D eigenvalue weighted by molar-refractivity contribution is 6.30. The normalized spacial score (nSPS) is 20.1. The summed E-state index contributed by atoms with van der Waals surface area (Å²) in [4.78, 5) is 8.74. The number of nitrogens with zero attached hydrogens (tertiary/aromatic N) is 3. The molecule has 1 saturated heterocycles. The smallest absolute Gasteiger partial charge is 0.0949 e. The molecule has 2 aliphatic rings. The Morgan fingerprint density at radius 2 is 2.03 bits per heavy atom. The summed E-state index contributed by atoms with van der Waals surface area (Å²) in [5, 5.41) is 4.22. The molecule has 0 radical (unpaired) electrons. The van der Waals surface area contributed by atoms with Gasteiger partial charge in [-0.1, -0.05) is 43.8 Å². The van der Waals surface area contributed by atoms with Gasteiger partial charge >= 0.3 is 0 Å². The number of aromatic nitrogens is 2. The van der Waals surface area contributed by atoms with E-state index >= 15 is 0 Å². The van der Waals surface area contributed by atoms with E-state index in [1.54, 1.807) is 6.20 Å². The summed E-state index contributed by atoms with van der Waals surface area (Å²) in [7, 11) is 0. The van der Waals surface area contributed by atoms with Gasteiger partial charge in [0.25, 0.3) is 0 Å². The van der Waals surface area contributed by atoms with Crippen LogP contribution in [0.1, 0.15) is 55.8 Å². The molecule has 1 aromatic carbocycles. The molecule has 1 N–H and O–H groups in total. The number of fused-ring (bicyclic) bond motifs is 1. The topological polar surface area (TPSA) is 42.2 Å². The van der Waals surface area contributed by atoms with Gasteiger partial charge in [0.05, 0.1) is 17.7 Å². The lowest BCUT2D eigenvalue weighted by atomic mass is 9.75. The molecule has 1 unspecified atom stereocenters. The van der Waals surface area contributed by atoms with Gasteiger partial charge in [0.15, 0.2) is 0 Å². The Kier molecular flexibility index (Phi) is 8.66. The Balaban J connectivity index is 0.000000269. The van der Waals surface area contributed by atoms with E-state index in [1.807, 2.05) is 19.3 Å². The molecule has 1 fully saturated rings. The summed E-state index contributed by atoms with van der Waals surface area (Å²) in [6.45, 7) is 17.6. The molecule has 170 valence electrons. The molecule has 0 amide bonds. The number of hydrogen-bond acceptors (Lipinski definition) is 3. The van der Waals surface area contributed by atoms with Crippen molar-refractivity contribution >= 4 is 23.4 Å². The highest BCUT2D eigenvalue weighted by Crippen LogP contribution is 2.41. The Hall–Kier alpha value is -2.43. The Bertz CT molecular complexity index is 1010. The maximum atomic E-state index is 6.24. The SMILES string of the molecule is C=CN=C1C(=C)C(C)=Cc2cc(Cl)ccc2C1C1CCNCC1.CCCn1cnc(C)c1. The van der Waals surface area contributed by atoms with Gasteiger partial charge in [-0.05, 0) is 86.5 Å². The van der Waals surface area contributed by atoms with Gasteiger partial charge in [0.2, 0.25) is 0 Å². The number of benzene rings is 1. The fourth-order valence-corrected chi connectivity index (χ4v) is 4.76. The first-order chi connectivity index (χ1) is 15.4. The minimum absolute atomic E-state index is 0.253. The molecule has 2 heterocycles. The lowest BCUT2D eigenvalue weighted by Crippen LogP contribution is -2.34. The number of piperidine rings is 1. The number of nitrogens with one attached hydrogen (secondary N) is 1. The van der Waals surface area contributed by atoms with Crippen LogP contribution in [0.25, 0.3) is 6.08 Å². The standard InChI is InChI=1S/C20H23ClN2.C7H12N2/c1-4-23-20-14(3)13(2)11-16-12-17(21)5-6-18(16)19(20)15-7-9-22-10-8-15;1-3-4-9-5-7(2)8-6-9/h4-6,11-12,15,19,22H,1,3,7-10H2,2H3;5-6H,3-4H2,1-2H3. The molecule has 1 aromatic heterocycles. The second-order valence-electron chi connectivity index (χ2n) is 8.59. The van der Waals surface area contributed by atoms with Gasteiger partial charge in [-0.2, -0.15) is 0 Å². The molecular weight excluding hydrogens is 416 g/mol. The average molecular weight is 451 g/mol. The summed E-state index contributed by atoms with van der Waals surface area (Å²) < 4.78 is 2.11. The van der Waals surface area contributed by atoms with Crippen LogP contribution in [0, 0.1) is 12.8 Å². The predicted octanol–water partition coefficient (Wildman–Crippen LogP) is 6.58. The molecule has 32 heavy (non-hydrogen) atoms.